The van der Waals surface area contributed by atoms with E-state index in [0.29, 0.717) is 5.69 Å². The predicted octanol–water partition coefficient (Wildman–Crippen LogP) is 4.49. The van der Waals surface area contributed by atoms with Crippen LogP contribution in [0.5, 0.6) is 0 Å². The maximum atomic E-state index is 10.4. The molecule has 0 radical (unpaired) electrons. The zero-order valence-corrected chi connectivity index (χ0v) is 10.9. The van der Waals surface area contributed by atoms with Crippen LogP contribution in [0.3, 0.4) is 0 Å². The molecule has 0 fully saturated rings. The van der Waals surface area contributed by atoms with E-state index in [1.54, 1.807) is 12.1 Å². The van der Waals surface area contributed by atoms with Gasteiger partial charge in [-0.3, -0.25) is 0 Å². The van der Waals surface area contributed by atoms with Crippen LogP contribution in [-0.4, -0.2) is 13.1 Å². The van der Waals surface area contributed by atoms with Gasteiger partial charge in [-0.15, -0.1) is 4.91 Å². The van der Waals surface area contributed by atoms with Crippen LogP contribution in [0.4, 0.5) is 11.4 Å². The molecule has 0 unspecified atom stereocenters. The number of benzene rings is 1. The number of unbranched alkanes of at least 4 members (excludes halogenated alkanes) is 2. The third-order valence-corrected chi connectivity index (χ3v) is 2.88. The number of anilines is 1. The van der Waals surface area contributed by atoms with E-state index in [-0.39, 0.29) is 0 Å². The Morgan fingerprint density at radius 3 is 1.94 bits per heavy atom. The van der Waals surface area contributed by atoms with Gasteiger partial charge in [-0.05, 0) is 42.3 Å². The molecule has 0 aliphatic rings. The zero-order chi connectivity index (χ0) is 12.5. The van der Waals surface area contributed by atoms with Crippen LogP contribution in [0, 0.1) is 4.91 Å². The van der Waals surface area contributed by atoms with Crippen molar-refractivity contribution in [2.24, 2.45) is 5.18 Å². The van der Waals surface area contributed by atoms with Crippen LogP contribution >= 0.6 is 0 Å². The van der Waals surface area contributed by atoms with Crippen molar-refractivity contribution in [3.63, 3.8) is 0 Å². The van der Waals surface area contributed by atoms with Crippen molar-refractivity contribution in [3.05, 3.63) is 29.2 Å². The van der Waals surface area contributed by atoms with Gasteiger partial charge in [0.25, 0.3) is 0 Å². The summed E-state index contributed by atoms with van der Waals surface area (Å²) in [6.45, 7) is 6.59. The van der Waals surface area contributed by atoms with Gasteiger partial charge in [-0.25, -0.2) is 0 Å². The van der Waals surface area contributed by atoms with Gasteiger partial charge in [0.05, 0.1) is 0 Å². The number of hydrogen-bond acceptors (Lipinski definition) is 3. The Bertz CT molecular complexity index is 313. The number of nitroso groups, excluding NO2 is 1. The fourth-order valence-electron chi connectivity index (χ4n) is 1.79. The van der Waals surface area contributed by atoms with Crippen LogP contribution in [-0.2, 0) is 0 Å². The zero-order valence-electron chi connectivity index (χ0n) is 10.9. The Labute approximate surface area is 104 Å². The van der Waals surface area contributed by atoms with Crippen molar-refractivity contribution < 1.29 is 0 Å². The molecule has 0 amide bonds. The minimum absolute atomic E-state index is 0.500. The molecule has 0 N–H and O–H groups in total. The van der Waals surface area contributed by atoms with Crippen molar-refractivity contribution in [1.82, 2.24) is 0 Å². The first-order valence-electron chi connectivity index (χ1n) is 6.50. The minimum Gasteiger partial charge on any atom is -0.372 e. The highest BCUT2D eigenvalue weighted by Gasteiger charge is 2.05. The lowest BCUT2D eigenvalue weighted by atomic mass is 10.2. The summed E-state index contributed by atoms with van der Waals surface area (Å²) in [4.78, 5) is 12.8. The highest BCUT2D eigenvalue weighted by Crippen LogP contribution is 2.20. The quantitative estimate of drug-likeness (QED) is 0.621. The molecular formula is C14H22N2O. The Morgan fingerprint density at radius 1 is 1.00 bits per heavy atom. The molecule has 1 aromatic rings. The topological polar surface area (TPSA) is 32.7 Å². The summed E-state index contributed by atoms with van der Waals surface area (Å²) in [5, 5.41) is 2.93. The molecule has 17 heavy (non-hydrogen) atoms. The lowest BCUT2D eigenvalue weighted by Gasteiger charge is -2.24. The van der Waals surface area contributed by atoms with Crippen molar-refractivity contribution >= 4 is 11.4 Å². The van der Waals surface area contributed by atoms with Crippen molar-refractivity contribution in [2.45, 2.75) is 39.5 Å². The maximum absolute atomic E-state index is 10.4. The van der Waals surface area contributed by atoms with E-state index in [0.717, 1.165) is 13.1 Å². The van der Waals surface area contributed by atoms with Crippen molar-refractivity contribution in [2.75, 3.05) is 18.0 Å². The van der Waals surface area contributed by atoms with Crippen LogP contribution in [0.15, 0.2) is 29.4 Å². The van der Waals surface area contributed by atoms with E-state index in [2.05, 4.69) is 23.9 Å². The predicted molar refractivity (Wildman–Crippen MR) is 73.9 cm³/mol. The third kappa shape index (κ3) is 4.55. The standard InChI is InChI=1S/C14H22N2O/c1-3-5-11-16(12-6-4-2)14-9-7-13(15-17)8-10-14/h7-10H,3-6,11-12H2,1-2H3. The molecule has 0 spiro atoms. The molecule has 0 atom stereocenters. The lowest BCUT2D eigenvalue weighted by Crippen LogP contribution is -2.25. The molecule has 0 saturated carbocycles. The summed E-state index contributed by atoms with van der Waals surface area (Å²) in [5.74, 6) is 0. The fourth-order valence-corrected chi connectivity index (χ4v) is 1.79. The molecular weight excluding hydrogens is 212 g/mol. The second-order valence-corrected chi connectivity index (χ2v) is 4.30. The summed E-state index contributed by atoms with van der Waals surface area (Å²) in [5.41, 5.74) is 1.69. The van der Waals surface area contributed by atoms with Gasteiger partial charge < -0.3 is 4.90 Å². The molecule has 3 nitrogen and oxygen atoms in total. The molecule has 3 heteroatoms. The second kappa shape index (κ2) is 7.82. The number of nitrogens with zero attached hydrogens (tertiary/aromatic N) is 2. The SMILES string of the molecule is CCCCN(CCCC)c1ccc(N=O)cc1. The van der Waals surface area contributed by atoms with E-state index < -0.39 is 0 Å². The summed E-state index contributed by atoms with van der Waals surface area (Å²) in [7, 11) is 0. The highest BCUT2D eigenvalue weighted by molar-refractivity contribution is 5.52. The van der Waals surface area contributed by atoms with Gasteiger partial charge in [0.1, 0.15) is 5.69 Å². The molecule has 0 bridgehead atoms. The Morgan fingerprint density at radius 2 is 1.53 bits per heavy atom. The van der Waals surface area contributed by atoms with Gasteiger partial charge in [-0.1, -0.05) is 26.7 Å². The molecule has 0 heterocycles. The van der Waals surface area contributed by atoms with E-state index in [1.807, 2.05) is 12.1 Å². The molecule has 0 aromatic heterocycles. The lowest BCUT2D eigenvalue weighted by molar-refractivity contribution is 0.678. The van der Waals surface area contributed by atoms with Gasteiger partial charge in [0.15, 0.2) is 0 Å². The molecule has 94 valence electrons. The first kappa shape index (κ1) is 13.7. The molecule has 1 rings (SSSR count). The average molecular weight is 234 g/mol. The largest absolute Gasteiger partial charge is 0.372 e. The van der Waals surface area contributed by atoms with Crippen LogP contribution < -0.4 is 4.90 Å². The second-order valence-electron chi connectivity index (χ2n) is 4.30. The third-order valence-electron chi connectivity index (χ3n) is 2.88. The monoisotopic (exact) mass is 234 g/mol. The van der Waals surface area contributed by atoms with Gasteiger partial charge in [0.2, 0.25) is 0 Å². The average Bonchev–Trinajstić information content (AvgIpc) is 2.39. The Kier molecular flexibility index (Phi) is 6.30. The maximum Gasteiger partial charge on any atom is 0.108 e. The van der Waals surface area contributed by atoms with Crippen LogP contribution in [0.2, 0.25) is 0 Å². The summed E-state index contributed by atoms with van der Waals surface area (Å²) >= 11 is 0. The molecule has 0 aliphatic carbocycles. The fraction of sp³-hybridized carbons (Fsp3) is 0.571. The van der Waals surface area contributed by atoms with E-state index in [1.165, 1.54) is 31.4 Å². The number of rotatable bonds is 8. The molecule has 0 saturated heterocycles. The Balaban J connectivity index is 2.68. The van der Waals surface area contributed by atoms with Crippen LogP contribution in [0.1, 0.15) is 39.5 Å². The van der Waals surface area contributed by atoms with E-state index >= 15 is 0 Å². The number of hydrogen-bond donors (Lipinski definition) is 0. The normalized spacial score (nSPS) is 10.2. The van der Waals surface area contributed by atoms with Gasteiger partial charge in [0, 0.05) is 18.8 Å². The smallest absolute Gasteiger partial charge is 0.108 e. The summed E-state index contributed by atoms with van der Waals surface area (Å²) < 4.78 is 0. The first-order valence-corrected chi connectivity index (χ1v) is 6.50. The van der Waals surface area contributed by atoms with E-state index in [9.17, 15) is 4.91 Å². The minimum atomic E-state index is 0.500. The Hall–Kier alpha value is -1.38. The summed E-state index contributed by atoms with van der Waals surface area (Å²) in [6, 6.07) is 7.55. The van der Waals surface area contributed by atoms with Crippen molar-refractivity contribution in [3.8, 4) is 0 Å². The first-order chi connectivity index (χ1) is 8.31. The highest BCUT2D eigenvalue weighted by atomic mass is 16.3. The molecule has 1 aromatic carbocycles. The van der Waals surface area contributed by atoms with Gasteiger partial charge in [-0.2, -0.15) is 0 Å². The molecule has 0 aliphatic heterocycles. The van der Waals surface area contributed by atoms with E-state index in [4.69, 9.17) is 0 Å². The summed E-state index contributed by atoms with van der Waals surface area (Å²) in [6.07, 6.45) is 4.82. The van der Waals surface area contributed by atoms with Gasteiger partial charge >= 0.3 is 0 Å². The van der Waals surface area contributed by atoms with Crippen molar-refractivity contribution in [1.29, 1.82) is 0 Å². The van der Waals surface area contributed by atoms with Crippen LogP contribution in [0.25, 0.3) is 0 Å².